The van der Waals surface area contributed by atoms with Crippen molar-refractivity contribution in [2.75, 3.05) is 26.7 Å². The van der Waals surface area contributed by atoms with Crippen molar-refractivity contribution in [3.05, 3.63) is 53.9 Å². The van der Waals surface area contributed by atoms with E-state index in [1.54, 1.807) is 50.5 Å². The van der Waals surface area contributed by atoms with Gasteiger partial charge in [0.2, 0.25) is 10.0 Å². The van der Waals surface area contributed by atoms with E-state index in [2.05, 4.69) is 16.8 Å². The number of hydrogen-bond acceptors (Lipinski definition) is 6. The molecule has 1 aliphatic rings. The lowest BCUT2D eigenvalue weighted by Crippen LogP contribution is -2.50. The van der Waals surface area contributed by atoms with E-state index in [0.29, 0.717) is 11.3 Å². The summed E-state index contributed by atoms with van der Waals surface area (Å²) in [5.74, 6) is 5.94. The summed E-state index contributed by atoms with van der Waals surface area (Å²) in [6.07, 6.45) is 1.05. The topological polar surface area (TPSA) is 100 Å². The molecule has 0 bridgehead atoms. The average Bonchev–Trinajstić information content (AvgIpc) is 2.84. The highest BCUT2D eigenvalue weighted by molar-refractivity contribution is 7.89. The first-order valence-corrected chi connectivity index (χ1v) is 13.1. The summed E-state index contributed by atoms with van der Waals surface area (Å²) in [6, 6.07) is 9.31. The van der Waals surface area contributed by atoms with Crippen LogP contribution in [0.2, 0.25) is 0 Å². The monoisotopic (exact) mass is 499 g/mol. The van der Waals surface area contributed by atoms with Crippen LogP contribution in [0, 0.1) is 23.7 Å². The standard InChI is InChI=1S/C26H33N3O5S/c1-18(2)9-10-21-11-12-25-23(14-21)34-24(16-28(5)26(31)22-8-6-7-13-27-22)19(3)15-29(20(4)17-30)35(25,32)33/h6-8,11-14,18-20,24,30H,15-17H2,1-5H3/t19-,20+,24+/m1/s1. The lowest BCUT2D eigenvalue weighted by Gasteiger charge is -2.37. The Kier molecular flexibility index (Phi) is 8.54. The zero-order chi connectivity index (χ0) is 25.8. The van der Waals surface area contributed by atoms with Crippen molar-refractivity contribution in [1.82, 2.24) is 14.2 Å². The number of carbonyl (C=O) groups excluding carboxylic acids is 1. The maximum atomic E-state index is 13.5. The number of pyridine rings is 1. The molecule has 2 aromatic rings. The van der Waals surface area contributed by atoms with E-state index in [0.717, 1.165) is 0 Å². The van der Waals surface area contributed by atoms with Crippen LogP contribution >= 0.6 is 0 Å². The van der Waals surface area contributed by atoms with E-state index < -0.39 is 22.2 Å². The second kappa shape index (κ2) is 11.2. The number of fused-ring (bicyclic) bond motifs is 1. The Bertz CT molecular complexity index is 1200. The highest BCUT2D eigenvalue weighted by atomic mass is 32.2. The minimum atomic E-state index is -3.94. The molecule has 0 radical (unpaired) electrons. The Hall–Kier alpha value is -2.93. The second-order valence-corrected chi connectivity index (χ2v) is 11.1. The van der Waals surface area contributed by atoms with Crippen LogP contribution < -0.4 is 4.74 Å². The van der Waals surface area contributed by atoms with Gasteiger partial charge >= 0.3 is 0 Å². The van der Waals surface area contributed by atoms with Crippen LogP contribution in [0.4, 0.5) is 0 Å². The summed E-state index contributed by atoms with van der Waals surface area (Å²) in [5, 5.41) is 9.78. The Morgan fingerprint density at radius 3 is 2.66 bits per heavy atom. The van der Waals surface area contributed by atoms with Crippen LogP contribution in [-0.4, -0.2) is 72.5 Å². The van der Waals surface area contributed by atoms with Crippen LogP contribution in [0.5, 0.6) is 5.75 Å². The lowest BCUT2D eigenvalue weighted by molar-refractivity contribution is 0.0559. The summed E-state index contributed by atoms with van der Waals surface area (Å²) in [6.45, 7) is 7.53. The summed E-state index contributed by atoms with van der Waals surface area (Å²) < 4.78 is 34.7. The van der Waals surface area contributed by atoms with Gasteiger partial charge in [-0.25, -0.2) is 8.42 Å². The van der Waals surface area contributed by atoms with Crippen LogP contribution in [0.1, 0.15) is 43.7 Å². The number of hydrogen-bond donors (Lipinski definition) is 1. The number of likely N-dealkylation sites (N-methyl/N-ethyl adjacent to an activating group) is 1. The molecule has 1 aliphatic heterocycles. The van der Waals surface area contributed by atoms with Crippen LogP contribution in [0.3, 0.4) is 0 Å². The van der Waals surface area contributed by atoms with Crippen molar-refractivity contribution < 1.29 is 23.1 Å². The summed E-state index contributed by atoms with van der Waals surface area (Å²) in [5.41, 5.74) is 0.956. The third-order valence-electron chi connectivity index (χ3n) is 5.86. The number of ether oxygens (including phenoxy) is 1. The van der Waals surface area contributed by atoms with E-state index in [4.69, 9.17) is 4.74 Å². The molecule has 1 N–H and O–H groups in total. The first kappa shape index (κ1) is 26.7. The molecule has 0 spiro atoms. The fraction of sp³-hybridized carbons (Fsp3) is 0.462. The van der Waals surface area contributed by atoms with Gasteiger partial charge in [-0.15, -0.1) is 0 Å². The van der Waals surface area contributed by atoms with Gasteiger partial charge in [-0.1, -0.05) is 38.7 Å². The zero-order valence-corrected chi connectivity index (χ0v) is 21.6. The molecule has 35 heavy (non-hydrogen) atoms. The number of benzene rings is 1. The molecule has 0 unspecified atom stereocenters. The van der Waals surface area contributed by atoms with Gasteiger partial charge in [0.1, 0.15) is 22.4 Å². The molecule has 2 heterocycles. The summed E-state index contributed by atoms with van der Waals surface area (Å²) >= 11 is 0. The molecule has 3 atom stereocenters. The molecule has 1 aromatic carbocycles. The third kappa shape index (κ3) is 6.20. The highest BCUT2D eigenvalue weighted by Gasteiger charge is 2.38. The molecule has 3 rings (SSSR count). The van der Waals surface area contributed by atoms with Gasteiger partial charge in [0.25, 0.3) is 5.91 Å². The van der Waals surface area contributed by atoms with Crippen LogP contribution in [0.15, 0.2) is 47.5 Å². The largest absolute Gasteiger partial charge is 0.487 e. The van der Waals surface area contributed by atoms with Crippen LogP contribution in [-0.2, 0) is 10.0 Å². The fourth-order valence-corrected chi connectivity index (χ4v) is 5.61. The van der Waals surface area contributed by atoms with Crippen LogP contribution in [0.25, 0.3) is 0 Å². The molecule has 1 amide bonds. The molecule has 0 aliphatic carbocycles. The molecular formula is C26H33N3O5S. The number of nitrogens with zero attached hydrogens (tertiary/aromatic N) is 3. The molecule has 0 saturated heterocycles. The quantitative estimate of drug-likeness (QED) is 0.635. The van der Waals surface area contributed by atoms with E-state index >= 15 is 0 Å². The van der Waals surface area contributed by atoms with Crippen molar-refractivity contribution in [2.24, 2.45) is 11.8 Å². The SMILES string of the molecule is CC(C)C#Cc1ccc2c(c1)O[C@@H](CN(C)C(=O)c1ccccn1)[C@H](C)CN([C@@H](C)CO)S2(=O)=O. The van der Waals surface area contributed by atoms with E-state index in [1.807, 2.05) is 20.8 Å². The number of carbonyl (C=O) groups is 1. The molecule has 8 nitrogen and oxygen atoms in total. The molecule has 9 heteroatoms. The van der Waals surface area contributed by atoms with Crippen molar-refractivity contribution in [3.8, 4) is 17.6 Å². The number of aromatic nitrogens is 1. The minimum absolute atomic E-state index is 0.0171. The van der Waals surface area contributed by atoms with E-state index in [-0.39, 0.29) is 48.1 Å². The number of amides is 1. The fourth-order valence-electron chi connectivity index (χ4n) is 3.79. The Morgan fingerprint density at radius 2 is 2.03 bits per heavy atom. The van der Waals surface area contributed by atoms with Crippen molar-refractivity contribution >= 4 is 15.9 Å². The number of aliphatic hydroxyl groups excluding tert-OH is 1. The van der Waals surface area contributed by atoms with Gasteiger partial charge in [0, 0.05) is 43.2 Å². The molecule has 0 fully saturated rings. The van der Waals surface area contributed by atoms with E-state index in [9.17, 15) is 18.3 Å². The van der Waals surface area contributed by atoms with Crippen molar-refractivity contribution in [2.45, 2.75) is 44.7 Å². The van der Waals surface area contributed by atoms with Gasteiger partial charge in [0.15, 0.2) is 0 Å². The summed E-state index contributed by atoms with van der Waals surface area (Å²) in [7, 11) is -2.27. The maximum absolute atomic E-state index is 13.5. The van der Waals surface area contributed by atoms with E-state index in [1.165, 1.54) is 15.3 Å². The smallest absolute Gasteiger partial charge is 0.272 e. The minimum Gasteiger partial charge on any atom is -0.487 e. The lowest BCUT2D eigenvalue weighted by atomic mass is 10.0. The molecule has 1 aromatic heterocycles. The molecule has 188 valence electrons. The van der Waals surface area contributed by atoms with Gasteiger partial charge in [0.05, 0.1) is 13.2 Å². The van der Waals surface area contributed by atoms with Crippen molar-refractivity contribution in [3.63, 3.8) is 0 Å². The highest BCUT2D eigenvalue weighted by Crippen LogP contribution is 2.34. The first-order chi connectivity index (χ1) is 16.5. The Balaban J connectivity index is 2.02. The zero-order valence-electron chi connectivity index (χ0n) is 20.8. The normalized spacial score (nSPS) is 20.4. The predicted molar refractivity (Wildman–Crippen MR) is 133 cm³/mol. The second-order valence-electron chi connectivity index (χ2n) is 9.23. The Morgan fingerprint density at radius 1 is 1.29 bits per heavy atom. The van der Waals surface area contributed by atoms with Gasteiger partial charge in [-0.05, 0) is 37.3 Å². The molecular weight excluding hydrogens is 466 g/mol. The number of rotatable bonds is 5. The average molecular weight is 500 g/mol. The maximum Gasteiger partial charge on any atom is 0.272 e. The summed E-state index contributed by atoms with van der Waals surface area (Å²) in [4.78, 5) is 18.6. The van der Waals surface area contributed by atoms with Gasteiger partial charge in [-0.3, -0.25) is 9.78 Å². The first-order valence-electron chi connectivity index (χ1n) is 11.7. The number of sulfonamides is 1. The van der Waals surface area contributed by atoms with Gasteiger partial charge in [-0.2, -0.15) is 4.31 Å². The molecule has 0 saturated carbocycles. The Labute approximate surface area is 208 Å². The third-order valence-corrected chi connectivity index (χ3v) is 7.88. The number of aliphatic hydroxyl groups is 1. The predicted octanol–water partition coefficient (Wildman–Crippen LogP) is 2.63. The van der Waals surface area contributed by atoms with Gasteiger partial charge < -0.3 is 14.7 Å². The van der Waals surface area contributed by atoms with Crippen molar-refractivity contribution in [1.29, 1.82) is 0 Å².